The Balaban J connectivity index is 2.91. The first kappa shape index (κ1) is 26.7. The van der Waals surface area contributed by atoms with Crippen LogP contribution in [-0.4, -0.2) is 74.9 Å². The standard InChI is InChI=1S/C19H26N4O8S/c1-9(16(27)23-14(19(30)31)7-15(25)26)21-18(29)13(22-17(28)12(20)8-32)6-10-2-4-11(24)5-3-10/h2-5,9,12-14,24,32H,6-8,20H2,1H3,(H,21,29)(H,22,28)(H,23,27)(H,25,26)(H,30,31). The molecule has 0 radical (unpaired) electrons. The molecule has 0 aliphatic heterocycles. The smallest absolute Gasteiger partial charge is 0.326 e. The van der Waals surface area contributed by atoms with E-state index in [1.165, 1.54) is 19.1 Å². The molecule has 0 spiro atoms. The highest BCUT2D eigenvalue weighted by Gasteiger charge is 2.29. The van der Waals surface area contributed by atoms with E-state index in [-0.39, 0.29) is 17.9 Å². The maximum Gasteiger partial charge on any atom is 0.326 e. The summed E-state index contributed by atoms with van der Waals surface area (Å²) in [5.74, 6) is -5.26. The largest absolute Gasteiger partial charge is 0.508 e. The van der Waals surface area contributed by atoms with Crippen LogP contribution in [0.3, 0.4) is 0 Å². The van der Waals surface area contributed by atoms with Crippen LogP contribution in [0.1, 0.15) is 18.9 Å². The second-order valence-corrected chi connectivity index (χ2v) is 7.31. The van der Waals surface area contributed by atoms with Gasteiger partial charge in [0, 0.05) is 12.2 Å². The van der Waals surface area contributed by atoms with Crippen LogP contribution < -0.4 is 21.7 Å². The molecule has 1 aromatic rings. The molecule has 0 heterocycles. The Hall–Kier alpha value is -3.32. The van der Waals surface area contributed by atoms with E-state index in [0.29, 0.717) is 5.56 Å². The summed E-state index contributed by atoms with van der Waals surface area (Å²) in [7, 11) is 0. The first-order valence-corrected chi connectivity index (χ1v) is 10.1. The molecule has 3 amide bonds. The van der Waals surface area contributed by atoms with Gasteiger partial charge in [0.25, 0.3) is 0 Å². The number of thiol groups is 1. The molecule has 1 aromatic carbocycles. The fourth-order valence-corrected chi connectivity index (χ4v) is 2.66. The number of hydrogen-bond acceptors (Lipinski definition) is 8. The highest BCUT2D eigenvalue weighted by atomic mass is 32.1. The van der Waals surface area contributed by atoms with Crippen molar-refractivity contribution in [2.45, 2.75) is 43.9 Å². The van der Waals surface area contributed by atoms with Gasteiger partial charge >= 0.3 is 11.9 Å². The number of amides is 3. The summed E-state index contributed by atoms with van der Waals surface area (Å²) in [6, 6.07) is 0.825. The first-order valence-electron chi connectivity index (χ1n) is 9.44. The molecule has 0 aliphatic carbocycles. The Labute approximate surface area is 189 Å². The number of benzene rings is 1. The third-order valence-corrected chi connectivity index (χ3v) is 4.68. The highest BCUT2D eigenvalue weighted by Crippen LogP contribution is 2.12. The van der Waals surface area contributed by atoms with Gasteiger partial charge in [-0.05, 0) is 24.6 Å². The van der Waals surface area contributed by atoms with E-state index in [9.17, 15) is 29.1 Å². The molecule has 0 saturated carbocycles. The number of aliphatic carboxylic acids is 2. The van der Waals surface area contributed by atoms with Gasteiger partial charge in [0.2, 0.25) is 17.7 Å². The number of carboxylic acids is 2. The van der Waals surface area contributed by atoms with Crippen LogP contribution >= 0.6 is 12.6 Å². The molecule has 1 rings (SSSR count). The molecule has 12 nitrogen and oxygen atoms in total. The molecule has 13 heteroatoms. The Morgan fingerprint density at radius 2 is 1.50 bits per heavy atom. The van der Waals surface area contributed by atoms with Crippen molar-refractivity contribution in [2.75, 3.05) is 5.75 Å². The van der Waals surface area contributed by atoms with Crippen molar-refractivity contribution in [2.24, 2.45) is 5.73 Å². The Kier molecular flexibility index (Phi) is 10.4. The number of rotatable bonds is 12. The lowest BCUT2D eigenvalue weighted by Gasteiger charge is -2.23. The normalized spacial score (nSPS) is 14.3. The summed E-state index contributed by atoms with van der Waals surface area (Å²) in [6.45, 7) is 1.27. The number of nitrogens with two attached hydrogens (primary N) is 1. The fraction of sp³-hybridized carbons (Fsp3) is 0.421. The maximum absolute atomic E-state index is 12.7. The minimum atomic E-state index is -1.68. The summed E-state index contributed by atoms with van der Waals surface area (Å²) in [6.07, 6.45) is -0.842. The number of phenols is 1. The number of nitrogens with one attached hydrogen (secondary N) is 3. The van der Waals surface area contributed by atoms with Crippen LogP contribution in [0.25, 0.3) is 0 Å². The highest BCUT2D eigenvalue weighted by molar-refractivity contribution is 7.80. The summed E-state index contributed by atoms with van der Waals surface area (Å²) in [4.78, 5) is 59.0. The van der Waals surface area contributed by atoms with E-state index >= 15 is 0 Å². The minimum Gasteiger partial charge on any atom is -0.508 e. The first-order chi connectivity index (χ1) is 14.9. The predicted molar refractivity (Wildman–Crippen MR) is 115 cm³/mol. The van der Waals surface area contributed by atoms with Crippen molar-refractivity contribution >= 4 is 42.3 Å². The molecule has 176 valence electrons. The number of carbonyl (C=O) groups is 5. The summed E-state index contributed by atoms with van der Waals surface area (Å²) >= 11 is 3.94. The minimum absolute atomic E-state index is 0.00223. The van der Waals surface area contributed by atoms with Crippen LogP contribution in [-0.2, 0) is 30.4 Å². The van der Waals surface area contributed by atoms with Gasteiger partial charge in [0.15, 0.2) is 0 Å². The third-order valence-electron chi connectivity index (χ3n) is 4.29. The lowest BCUT2D eigenvalue weighted by molar-refractivity contribution is -0.147. The maximum atomic E-state index is 12.7. The predicted octanol–water partition coefficient (Wildman–Crippen LogP) is -1.77. The van der Waals surface area contributed by atoms with Gasteiger partial charge in [-0.3, -0.25) is 19.2 Å². The van der Waals surface area contributed by atoms with Crippen molar-refractivity contribution < 1.29 is 39.3 Å². The molecule has 0 aliphatic rings. The van der Waals surface area contributed by atoms with Crippen LogP contribution in [0, 0.1) is 0 Å². The van der Waals surface area contributed by atoms with Gasteiger partial charge in [-0.15, -0.1) is 0 Å². The van der Waals surface area contributed by atoms with E-state index in [0.717, 1.165) is 0 Å². The quantitative estimate of drug-likeness (QED) is 0.162. The van der Waals surface area contributed by atoms with Gasteiger partial charge in [-0.2, -0.15) is 12.6 Å². The lowest BCUT2D eigenvalue weighted by Crippen LogP contribution is -2.57. The molecule has 8 N–H and O–H groups in total. The second-order valence-electron chi connectivity index (χ2n) is 6.95. The molecule has 4 unspecified atom stereocenters. The summed E-state index contributed by atoms with van der Waals surface area (Å²) in [5, 5.41) is 34.0. The molecule has 4 atom stereocenters. The molecular formula is C19H26N4O8S. The Bertz CT molecular complexity index is 848. The fourth-order valence-electron chi connectivity index (χ4n) is 2.49. The molecule has 0 aromatic heterocycles. The molecule has 0 bridgehead atoms. The van der Waals surface area contributed by atoms with Gasteiger partial charge in [-0.25, -0.2) is 4.79 Å². The zero-order chi connectivity index (χ0) is 24.4. The van der Waals surface area contributed by atoms with E-state index in [1.807, 2.05) is 5.32 Å². The van der Waals surface area contributed by atoms with Crippen LogP contribution in [0.2, 0.25) is 0 Å². The summed E-state index contributed by atoms with van der Waals surface area (Å²) < 4.78 is 0. The molecule has 0 saturated heterocycles. The van der Waals surface area contributed by atoms with Gasteiger partial charge < -0.3 is 37.0 Å². The van der Waals surface area contributed by atoms with Crippen molar-refractivity contribution in [3.05, 3.63) is 29.8 Å². The monoisotopic (exact) mass is 470 g/mol. The average Bonchev–Trinajstić information content (AvgIpc) is 2.72. The van der Waals surface area contributed by atoms with E-state index < -0.39 is 60.2 Å². The van der Waals surface area contributed by atoms with E-state index in [1.54, 1.807) is 12.1 Å². The summed E-state index contributed by atoms with van der Waals surface area (Å²) in [5.41, 5.74) is 6.22. The third kappa shape index (κ3) is 8.81. The van der Waals surface area contributed by atoms with Crippen LogP contribution in [0.5, 0.6) is 5.75 Å². The molecular weight excluding hydrogens is 444 g/mol. The zero-order valence-corrected chi connectivity index (χ0v) is 18.0. The number of carboxylic acid groups (broad SMARTS) is 2. The molecule has 0 fully saturated rings. The van der Waals surface area contributed by atoms with E-state index in [4.69, 9.17) is 15.9 Å². The van der Waals surface area contributed by atoms with Crippen molar-refractivity contribution in [1.29, 1.82) is 0 Å². The lowest BCUT2D eigenvalue weighted by atomic mass is 10.0. The van der Waals surface area contributed by atoms with Crippen molar-refractivity contribution in [3.8, 4) is 5.75 Å². The SMILES string of the molecule is CC(NC(=O)C(Cc1ccc(O)cc1)NC(=O)C(N)CS)C(=O)NC(CC(=O)O)C(=O)O. The van der Waals surface area contributed by atoms with E-state index in [2.05, 4.69) is 23.3 Å². The Morgan fingerprint density at radius 1 is 0.938 bits per heavy atom. The number of hydrogen-bond donors (Lipinski definition) is 8. The second kappa shape index (κ2) is 12.5. The van der Waals surface area contributed by atoms with Crippen molar-refractivity contribution in [1.82, 2.24) is 16.0 Å². The van der Waals surface area contributed by atoms with Gasteiger partial charge in [0.1, 0.15) is 23.9 Å². The van der Waals surface area contributed by atoms with Crippen LogP contribution in [0.15, 0.2) is 24.3 Å². The van der Waals surface area contributed by atoms with Crippen molar-refractivity contribution in [3.63, 3.8) is 0 Å². The number of carbonyl (C=O) groups excluding carboxylic acids is 3. The average molecular weight is 471 g/mol. The van der Waals surface area contributed by atoms with Crippen LogP contribution in [0.4, 0.5) is 0 Å². The van der Waals surface area contributed by atoms with Gasteiger partial charge in [0.05, 0.1) is 12.5 Å². The zero-order valence-electron chi connectivity index (χ0n) is 17.1. The molecule has 32 heavy (non-hydrogen) atoms. The number of aromatic hydroxyl groups is 1. The topological polar surface area (TPSA) is 208 Å². The Morgan fingerprint density at radius 3 is 2.00 bits per heavy atom. The number of phenolic OH excluding ortho intramolecular Hbond substituents is 1. The van der Waals surface area contributed by atoms with Gasteiger partial charge in [-0.1, -0.05) is 12.1 Å².